The number of nitrogens with one attached hydrogen (secondary N) is 1. The van der Waals surface area contributed by atoms with Gasteiger partial charge in [0, 0.05) is 17.3 Å². The van der Waals surface area contributed by atoms with Gasteiger partial charge < -0.3 is 14.5 Å². The Bertz CT molecular complexity index is 1470. The summed E-state index contributed by atoms with van der Waals surface area (Å²) in [5.74, 6) is -0.404. The van der Waals surface area contributed by atoms with Gasteiger partial charge in [-0.15, -0.1) is 0 Å². The average molecular weight is 483 g/mol. The minimum Gasteiger partial charge on any atom is -0.465 e. The molecule has 0 fully saturated rings. The van der Waals surface area contributed by atoms with Gasteiger partial charge in [-0.3, -0.25) is 9.59 Å². The molecule has 0 spiro atoms. The maximum absolute atomic E-state index is 13.0. The lowest BCUT2D eigenvalue weighted by Gasteiger charge is -2.20. The van der Waals surface area contributed by atoms with E-state index in [1.165, 1.54) is 6.20 Å². The normalized spacial score (nSPS) is 10.5. The standard InChI is InChI=1S/C26H21N5O5/c1-3-35-22(32)15-31(21-6-4-5-13-28-21)26(34)36-20-12-11-19-23(16(20)2)30-25(29-19)24(33)18-9-7-17(14-27)8-10-18/h4-13H,3,15H2,1-2H3,(H,29,30). The first kappa shape index (κ1) is 24.1. The zero-order valence-electron chi connectivity index (χ0n) is 19.5. The number of aryl methyl sites for hydroxylation is 1. The Balaban J connectivity index is 1.60. The van der Waals surface area contributed by atoms with Crippen LogP contribution in [-0.4, -0.2) is 45.9 Å². The summed E-state index contributed by atoms with van der Waals surface area (Å²) in [5, 5.41) is 8.95. The summed E-state index contributed by atoms with van der Waals surface area (Å²) in [6.45, 7) is 3.17. The van der Waals surface area contributed by atoms with Crippen molar-refractivity contribution in [1.29, 1.82) is 5.26 Å². The van der Waals surface area contributed by atoms with Crippen LogP contribution in [0.3, 0.4) is 0 Å². The van der Waals surface area contributed by atoms with E-state index in [1.54, 1.807) is 68.4 Å². The molecule has 1 amide bonds. The minimum atomic E-state index is -0.825. The van der Waals surface area contributed by atoms with Crippen LogP contribution in [0.15, 0.2) is 60.8 Å². The number of pyridine rings is 1. The molecule has 0 aliphatic rings. The van der Waals surface area contributed by atoms with Gasteiger partial charge in [-0.2, -0.15) is 5.26 Å². The zero-order valence-corrected chi connectivity index (χ0v) is 19.5. The Labute approximate surface area is 206 Å². The highest BCUT2D eigenvalue weighted by atomic mass is 16.6. The molecule has 2 aromatic carbocycles. The Kier molecular flexibility index (Phi) is 7.02. The number of esters is 1. The van der Waals surface area contributed by atoms with Gasteiger partial charge in [0.1, 0.15) is 18.1 Å². The molecule has 2 aromatic heterocycles. The van der Waals surface area contributed by atoms with Crippen molar-refractivity contribution in [2.45, 2.75) is 13.8 Å². The van der Waals surface area contributed by atoms with Crippen LogP contribution in [-0.2, 0) is 9.53 Å². The highest BCUT2D eigenvalue weighted by Gasteiger charge is 2.24. The molecule has 0 atom stereocenters. The van der Waals surface area contributed by atoms with Crippen LogP contribution in [0, 0.1) is 18.3 Å². The van der Waals surface area contributed by atoms with Crippen LogP contribution in [0.25, 0.3) is 11.0 Å². The number of amides is 1. The Morgan fingerprint density at radius 3 is 2.53 bits per heavy atom. The van der Waals surface area contributed by atoms with Crippen molar-refractivity contribution in [3.63, 3.8) is 0 Å². The van der Waals surface area contributed by atoms with E-state index < -0.39 is 12.1 Å². The fraction of sp³-hybridized carbons (Fsp3) is 0.154. The Morgan fingerprint density at radius 2 is 1.86 bits per heavy atom. The number of ether oxygens (including phenoxy) is 2. The highest BCUT2D eigenvalue weighted by Crippen LogP contribution is 2.27. The molecule has 10 heteroatoms. The van der Waals surface area contributed by atoms with Crippen molar-refractivity contribution in [1.82, 2.24) is 15.0 Å². The van der Waals surface area contributed by atoms with Gasteiger partial charge in [0.15, 0.2) is 5.82 Å². The van der Waals surface area contributed by atoms with Crippen LogP contribution >= 0.6 is 0 Å². The quantitative estimate of drug-likeness (QED) is 0.308. The number of H-pyrrole nitrogens is 1. The SMILES string of the molecule is CCOC(=O)CN(C(=O)Oc1ccc2[nH]c(C(=O)c3ccc(C#N)cc3)nc2c1C)c1ccccn1. The third-order valence-corrected chi connectivity index (χ3v) is 5.29. The lowest BCUT2D eigenvalue weighted by molar-refractivity contribution is -0.141. The van der Waals surface area contributed by atoms with Gasteiger partial charge in [-0.1, -0.05) is 6.07 Å². The van der Waals surface area contributed by atoms with E-state index in [1.807, 2.05) is 6.07 Å². The van der Waals surface area contributed by atoms with Crippen molar-refractivity contribution in [3.05, 3.63) is 83.3 Å². The van der Waals surface area contributed by atoms with Crippen LogP contribution in [0.4, 0.5) is 10.6 Å². The Morgan fingerprint density at radius 1 is 1.08 bits per heavy atom. The molecule has 36 heavy (non-hydrogen) atoms. The summed E-state index contributed by atoms with van der Waals surface area (Å²) in [4.78, 5) is 50.6. The number of nitrogens with zero attached hydrogens (tertiary/aromatic N) is 4. The number of hydrogen-bond acceptors (Lipinski definition) is 8. The molecular weight excluding hydrogens is 462 g/mol. The Hall–Kier alpha value is -5.04. The summed E-state index contributed by atoms with van der Waals surface area (Å²) in [6, 6.07) is 16.4. The van der Waals surface area contributed by atoms with Gasteiger partial charge >= 0.3 is 12.1 Å². The van der Waals surface area contributed by atoms with Crippen LogP contribution in [0.1, 0.15) is 34.2 Å². The predicted molar refractivity (Wildman–Crippen MR) is 130 cm³/mol. The van der Waals surface area contributed by atoms with Gasteiger partial charge in [0.2, 0.25) is 5.78 Å². The molecule has 180 valence electrons. The van der Waals surface area contributed by atoms with Gasteiger partial charge in [0.05, 0.1) is 29.3 Å². The van der Waals surface area contributed by atoms with E-state index in [0.29, 0.717) is 27.7 Å². The summed E-state index contributed by atoms with van der Waals surface area (Å²) in [5.41, 5.74) is 2.38. The molecule has 0 aliphatic carbocycles. The molecule has 10 nitrogen and oxygen atoms in total. The number of hydrogen-bond donors (Lipinski definition) is 1. The number of rotatable bonds is 7. The smallest absolute Gasteiger partial charge is 0.421 e. The molecule has 4 rings (SSSR count). The van der Waals surface area contributed by atoms with Crippen molar-refractivity contribution >= 4 is 34.7 Å². The number of fused-ring (bicyclic) bond motifs is 1. The molecule has 0 bridgehead atoms. The lowest BCUT2D eigenvalue weighted by Crippen LogP contribution is -2.39. The van der Waals surface area contributed by atoms with E-state index in [0.717, 1.165) is 4.90 Å². The molecule has 4 aromatic rings. The molecule has 0 aliphatic heterocycles. The monoisotopic (exact) mass is 483 g/mol. The van der Waals surface area contributed by atoms with Crippen molar-refractivity contribution in [3.8, 4) is 11.8 Å². The van der Waals surface area contributed by atoms with Gasteiger partial charge in [0.25, 0.3) is 0 Å². The first-order valence-electron chi connectivity index (χ1n) is 11.0. The van der Waals surface area contributed by atoms with E-state index >= 15 is 0 Å². The molecule has 0 saturated heterocycles. The third-order valence-electron chi connectivity index (χ3n) is 5.29. The van der Waals surface area contributed by atoms with Gasteiger partial charge in [-0.25, -0.2) is 19.7 Å². The second kappa shape index (κ2) is 10.5. The van der Waals surface area contributed by atoms with Crippen LogP contribution in [0.5, 0.6) is 5.75 Å². The fourth-order valence-corrected chi connectivity index (χ4v) is 3.48. The number of nitriles is 1. The molecule has 1 N–H and O–H groups in total. The number of aromatic nitrogens is 3. The number of carbonyl (C=O) groups is 3. The predicted octanol–water partition coefficient (Wildman–Crippen LogP) is 3.94. The van der Waals surface area contributed by atoms with Crippen molar-refractivity contribution < 1.29 is 23.9 Å². The summed E-state index contributed by atoms with van der Waals surface area (Å²) < 4.78 is 10.6. The number of aromatic amines is 1. The lowest BCUT2D eigenvalue weighted by atomic mass is 10.1. The second-order valence-corrected chi connectivity index (χ2v) is 7.64. The molecule has 0 saturated carbocycles. The molecule has 0 unspecified atom stereocenters. The second-order valence-electron chi connectivity index (χ2n) is 7.64. The third kappa shape index (κ3) is 5.05. The minimum absolute atomic E-state index is 0.110. The van der Waals surface area contributed by atoms with Crippen LogP contribution < -0.4 is 9.64 Å². The molecule has 0 radical (unpaired) electrons. The van der Waals surface area contributed by atoms with E-state index in [4.69, 9.17) is 14.7 Å². The van der Waals surface area contributed by atoms with Gasteiger partial charge in [-0.05, 0) is 62.4 Å². The first-order chi connectivity index (χ1) is 17.4. The number of anilines is 1. The molecular formula is C26H21N5O5. The highest BCUT2D eigenvalue weighted by molar-refractivity contribution is 6.08. The number of ketones is 1. The number of imidazole rings is 1. The van der Waals surface area contributed by atoms with E-state index in [-0.39, 0.29) is 36.3 Å². The summed E-state index contributed by atoms with van der Waals surface area (Å²) in [6.07, 6.45) is 0.669. The fourth-order valence-electron chi connectivity index (χ4n) is 3.48. The number of benzene rings is 2. The summed E-state index contributed by atoms with van der Waals surface area (Å²) >= 11 is 0. The van der Waals surface area contributed by atoms with Crippen molar-refractivity contribution in [2.24, 2.45) is 0 Å². The maximum Gasteiger partial charge on any atom is 0.421 e. The van der Waals surface area contributed by atoms with Crippen molar-refractivity contribution in [2.75, 3.05) is 18.1 Å². The molecule has 2 heterocycles. The largest absolute Gasteiger partial charge is 0.465 e. The topological polar surface area (TPSA) is 138 Å². The zero-order chi connectivity index (χ0) is 25.7. The van der Waals surface area contributed by atoms with E-state index in [9.17, 15) is 14.4 Å². The van der Waals surface area contributed by atoms with E-state index in [2.05, 4.69) is 15.0 Å². The van der Waals surface area contributed by atoms with Crippen LogP contribution in [0.2, 0.25) is 0 Å². The number of carbonyl (C=O) groups excluding carboxylic acids is 3. The maximum atomic E-state index is 13.0. The summed E-state index contributed by atoms with van der Waals surface area (Å²) in [7, 11) is 0. The first-order valence-corrected chi connectivity index (χ1v) is 11.0. The average Bonchev–Trinajstić information content (AvgIpc) is 3.34.